The molecule has 0 aliphatic rings. The van der Waals surface area contributed by atoms with Crippen LogP contribution in [0.15, 0.2) is 81.2 Å². The Hall–Kier alpha value is -2.72. The molecule has 3 aromatic carbocycles. The van der Waals surface area contributed by atoms with Gasteiger partial charge in [0.1, 0.15) is 5.75 Å². The zero-order valence-corrected chi connectivity index (χ0v) is 21.7. The van der Waals surface area contributed by atoms with Crippen LogP contribution in [0.1, 0.15) is 16.7 Å². The molecular formula is C24H23BrClN3O4S. The lowest BCUT2D eigenvalue weighted by atomic mass is 10.2. The average Bonchev–Trinajstić information content (AvgIpc) is 2.80. The van der Waals surface area contributed by atoms with Crippen LogP contribution in [0.4, 0.5) is 0 Å². The van der Waals surface area contributed by atoms with Gasteiger partial charge in [-0.25, -0.2) is 13.8 Å². The van der Waals surface area contributed by atoms with Crippen LogP contribution in [0.25, 0.3) is 0 Å². The van der Waals surface area contributed by atoms with E-state index in [4.69, 9.17) is 16.3 Å². The molecule has 0 saturated heterocycles. The Labute approximate surface area is 212 Å². The van der Waals surface area contributed by atoms with Crippen LogP contribution >= 0.6 is 27.5 Å². The minimum atomic E-state index is -3.95. The molecule has 0 saturated carbocycles. The van der Waals surface area contributed by atoms with Gasteiger partial charge in [0.05, 0.1) is 24.8 Å². The normalized spacial score (nSPS) is 11.7. The van der Waals surface area contributed by atoms with Gasteiger partial charge < -0.3 is 4.74 Å². The maximum Gasteiger partial charge on any atom is 0.255 e. The van der Waals surface area contributed by atoms with Crippen LogP contribution < -0.4 is 10.2 Å². The Morgan fingerprint density at radius 1 is 1.12 bits per heavy atom. The van der Waals surface area contributed by atoms with Crippen LogP contribution in [-0.2, 0) is 21.4 Å². The number of carbonyl (C=O) groups excluding carboxylic acids is 1. The Kier molecular flexibility index (Phi) is 8.84. The number of rotatable bonds is 9. The van der Waals surface area contributed by atoms with Crippen molar-refractivity contribution >= 4 is 49.7 Å². The zero-order chi connectivity index (χ0) is 24.7. The molecule has 0 spiro atoms. The van der Waals surface area contributed by atoms with Crippen molar-refractivity contribution in [3.05, 3.63) is 92.9 Å². The number of ether oxygens (including phenoxy) is 1. The largest absolute Gasteiger partial charge is 0.496 e. The molecule has 0 heterocycles. The minimum Gasteiger partial charge on any atom is -0.496 e. The summed E-state index contributed by atoms with van der Waals surface area (Å²) in [6.45, 7) is 1.43. The number of carbonyl (C=O) groups is 1. The van der Waals surface area contributed by atoms with Gasteiger partial charge >= 0.3 is 0 Å². The highest BCUT2D eigenvalue weighted by Gasteiger charge is 2.27. The third-order valence-corrected chi connectivity index (χ3v) is 7.39. The third kappa shape index (κ3) is 6.89. The van der Waals surface area contributed by atoms with E-state index in [0.29, 0.717) is 21.9 Å². The highest BCUT2D eigenvalue weighted by atomic mass is 79.9. The molecule has 1 N–H and O–H groups in total. The fourth-order valence-electron chi connectivity index (χ4n) is 3.05. The molecule has 34 heavy (non-hydrogen) atoms. The maximum atomic E-state index is 13.3. The van der Waals surface area contributed by atoms with E-state index in [1.807, 2.05) is 13.0 Å². The predicted molar refractivity (Wildman–Crippen MR) is 137 cm³/mol. The number of nitrogens with zero attached hydrogens (tertiary/aromatic N) is 2. The first-order valence-corrected chi connectivity index (χ1v) is 12.8. The van der Waals surface area contributed by atoms with E-state index in [9.17, 15) is 13.2 Å². The smallest absolute Gasteiger partial charge is 0.255 e. The van der Waals surface area contributed by atoms with Gasteiger partial charge in [-0.2, -0.15) is 9.41 Å². The number of aryl methyl sites for hydroxylation is 1. The van der Waals surface area contributed by atoms with Crippen molar-refractivity contribution in [3.8, 4) is 5.75 Å². The molecule has 178 valence electrons. The number of sulfonamides is 1. The van der Waals surface area contributed by atoms with Gasteiger partial charge in [-0.3, -0.25) is 4.79 Å². The van der Waals surface area contributed by atoms with Crippen molar-refractivity contribution in [2.24, 2.45) is 5.10 Å². The summed E-state index contributed by atoms with van der Waals surface area (Å²) in [7, 11) is -2.42. The van der Waals surface area contributed by atoms with Crippen LogP contribution in [0.5, 0.6) is 5.75 Å². The quantitative estimate of drug-likeness (QED) is 0.300. The number of hydrogen-bond acceptors (Lipinski definition) is 5. The van der Waals surface area contributed by atoms with Crippen LogP contribution in [0.3, 0.4) is 0 Å². The van der Waals surface area contributed by atoms with E-state index in [2.05, 4.69) is 26.5 Å². The Morgan fingerprint density at radius 2 is 1.79 bits per heavy atom. The van der Waals surface area contributed by atoms with Crippen LogP contribution in [0, 0.1) is 6.92 Å². The van der Waals surface area contributed by atoms with Crippen molar-refractivity contribution in [1.82, 2.24) is 9.73 Å². The summed E-state index contributed by atoms with van der Waals surface area (Å²) in [6.07, 6.45) is 1.43. The molecule has 0 aliphatic carbocycles. The second kappa shape index (κ2) is 11.6. The molecule has 3 rings (SSSR count). The van der Waals surface area contributed by atoms with Gasteiger partial charge in [-0.05, 0) is 55.0 Å². The van der Waals surface area contributed by atoms with Crippen molar-refractivity contribution in [1.29, 1.82) is 0 Å². The topological polar surface area (TPSA) is 88.1 Å². The fraction of sp³-hybridized carbons (Fsp3) is 0.167. The summed E-state index contributed by atoms with van der Waals surface area (Å²) < 4.78 is 33.9. The molecule has 3 aromatic rings. The molecule has 0 aliphatic heterocycles. The van der Waals surface area contributed by atoms with E-state index in [0.717, 1.165) is 14.3 Å². The number of hydrogen-bond donors (Lipinski definition) is 1. The monoisotopic (exact) mass is 563 g/mol. The van der Waals surface area contributed by atoms with Crippen molar-refractivity contribution < 1.29 is 17.9 Å². The van der Waals surface area contributed by atoms with Crippen molar-refractivity contribution in [2.45, 2.75) is 18.4 Å². The molecule has 0 radical (unpaired) electrons. The highest BCUT2D eigenvalue weighted by molar-refractivity contribution is 9.10. The number of amides is 1. The lowest BCUT2D eigenvalue weighted by Gasteiger charge is -2.21. The van der Waals surface area contributed by atoms with Crippen LogP contribution in [-0.4, -0.2) is 38.5 Å². The first-order chi connectivity index (χ1) is 16.2. The van der Waals surface area contributed by atoms with Gasteiger partial charge in [0.2, 0.25) is 10.0 Å². The Balaban J connectivity index is 1.80. The molecule has 1 amide bonds. The van der Waals surface area contributed by atoms with E-state index in [-0.39, 0.29) is 11.4 Å². The van der Waals surface area contributed by atoms with E-state index in [1.54, 1.807) is 48.5 Å². The van der Waals surface area contributed by atoms with Crippen molar-refractivity contribution in [2.75, 3.05) is 13.7 Å². The number of methoxy groups -OCH3 is 1. The SMILES string of the molecule is COc1ccc(Br)cc1C=NNC(=O)CN(Cc1ccc(Cl)cc1)S(=O)(=O)c1ccc(C)cc1. The molecular weight excluding hydrogens is 542 g/mol. The summed E-state index contributed by atoms with van der Waals surface area (Å²) >= 11 is 9.33. The Bertz CT molecular complexity index is 1280. The van der Waals surface area contributed by atoms with Gasteiger partial charge in [0, 0.05) is 21.6 Å². The molecule has 0 bridgehead atoms. The van der Waals surface area contributed by atoms with E-state index in [1.165, 1.54) is 25.5 Å². The molecule has 0 atom stereocenters. The summed E-state index contributed by atoms with van der Waals surface area (Å²) in [5.41, 5.74) is 4.65. The number of halogens is 2. The number of nitrogens with one attached hydrogen (secondary N) is 1. The molecule has 0 unspecified atom stereocenters. The average molecular weight is 565 g/mol. The number of benzene rings is 3. The van der Waals surface area contributed by atoms with Gasteiger partial charge in [-0.1, -0.05) is 57.4 Å². The Morgan fingerprint density at radius 3 is 2.44 bits per heavy atom. The van der Waals surface area contributed by atoms with Crippen molar-refractivity contribution in [3.63, 3.8) is 0 Å². The fourth-order valence-corrected chi connectivity index (χ4v) is 4.94. The minimum absolute atomic E-state index is 0.00995. The molecule has 7 nitrogen and oxygen atoms in total. The van der Waals surface area contributed by atoms with Crippen LogP contribution in [0.2, 0.25) is 5.02 Å². The lowest BCUT2D eigenvalue weighted by Crippen LogP contribution is -2.39. The third-order valence-electron chi connectivity index (χ3n) is 4.84. The van der Waals surface area contributed by atoms with Gasteiger partial charge in [-0.15, -0.1) is 0 Å². The number of hydrazone groups is 1. The second-order valence-electron chi connectivity index (χ2n) is 7.39. The molecule has 0 fully saturated rings. The summed E-state index contributed by atoms with van der Waals surface area (Å²) in [4.78, 5) is 12.7. The summed E-state index contributed by atoms with van der Waals surface area (Å²) in [5, 5.41) is 4.50. The second-order valence-corrected chi connectivity index (χ2v) is 10.7. The lowest BCUT2D eigenvalue weighted by molar-refractivity contribution is -0.121. The molecule has 0 aromatic heterocycles. The first kappa shape index (κ1) is 25.9. The maximum absolute atomic E-state index is 13.3. The summed E-state index contributed by atoms with van der Waals surface area (Å²) in [5.74, 6) is -0.0117. The standard InChI is InChI=1S/C24H23BrClN3O4S/c1-17-3-10-22(11-4-17)34(31,32)29(15-18-5-8-21(26)9-6-18)16-24(30)28-27-14-19-13-20(25)7-12-23(19)33-2/h3-14H,15-16H2,1-2H3,(H,28,30). The zero-order valence-electron chi connectivity index (χ0n) is 18.5. The summed E-state index contributed by atoms with van der Waals surface area (Å²) in [6, 6.07) is 18.6. The van der Waals surface area contributed by atoms with E-state index >= 15 is 0 Å². The van der Waals surface area contributed by atoms with Gasteiger partial charge in [0.25, 0.3) is 5.91 Å². The van der Waals surface area contributed by atoms with E-state index < -0.39 is 22.5 Å². The highest BCUT2D eigenvalue weighted by Crippen LogP contribution is 2.22. The predicted octanol–water partition coefficient (Wildman–Crippen LogP) is 4.76. The van der Waals surface area contributed by atoms with Gasteiger partial charge in [0.15, 0.2) is 0 Å². The molecule has 10 heteroatoms. The first-order valence-electron chi connectivity index (χ1n) is 10.2.